The molecule has 1 aromatic carbocycles. The molecule has 0 N–H and O–H groups in total. The Hall–Kier alpha value is -1.82. The molecular formula is C19H19Cl2N3OS. The summed E-state index contributed by atoms with van der Waals surface area (Å²) in [6.45, 7) is 4.48. The molecule has 0 aliphatic heterocycles. The molecule has 0 radical (unpaired) electrons. The van der Waals surface area contributed by atoms with Crippen molar-refractivity contribution in [1.82, 2.24) is 14.7 Å². The third kappa shape index (κ3) is 3.95. The van der Waals surface area contributed by atoms with Crippen molar-refractivity contribution in [2.45, 2.75) is 26.8 Å². The zero-order chi connectivity index (χ0) is 18.8. The van der Waals surface area contributed by atoms with Crippen molar-refractivity contribution >= 4 is 40.4 Å². The van der Waals surface area contributed by atoms with Gasteiger partial charge in [-0.1, -0.05) is 29.3 Å². The van der Waals surface area contributed by atoms with Gasteiger partial charge in [-0.3, -0.25) is 4.79 Å². The smallest absolute Gasteiger partial charge is 0.227 e. The van der Waals surface area contributed by atoms with Crippen LogP contribution in [0.5, 0.6) is 0 Å². The van der Waals surface area contributed by atoms with E-state index < -0.39 is 0 Å². The summed E-state index contributed by atoms with van der Waals surface area (Å²) in [6.07, 6.45) is 0.310. The minimum Gasteiger partial charge on any atom is -0.340 e. The third-order valence-electron chi connectivity index (χ3n) is 4.31. The van der Waals surface area contributed by atoms with Crippen LogP contribution in [0.4, 0.5) is 0 Å². The molecule has 2 aromatic heterocycles. The molecule has 0 bridgehead atoms. The van der Waals surface area contributed by atoms with Crippen LogP contribution in [-0.4, -0.2) is 27.6 Å². The van der Waals surface area contributed by atoms with Crippen molar-refractivity contribution in [2.24, 2.45) is 0 Å². The quantitative estimate of drug-likeness (QED) is 0.592. The van der Waals surface area contributed by atoms with Crippen molar-refractivity contribution in [2.75, 3.05) is 7.05 Å². The highest BCUT2D eigenvalue weighted by atomic mass is 35.5. The summed E-state index contributed by atoms with van der Waals surface area (Å²) in [4.78, 5) is 15.6. The maximum Gasteiger partial charge on any atom is 0.227 e. The van der Waals surface area contributed by atoms with Crippen LogP contribution < -0.4 is 0 Å². The van der Waals surface area contributed by atoms with E-state index in [4.69, 9.17) is 23.2 Å². The van der Waals surface area contributed by atoms with E-state index in [9.17, 15) is 4.79 Å². The lowest BCUT2D eigenvalue weighted by atomic mass is 10.1. The normalized spacial score (nSPS) is 11.0. The summed E-state index contributed by atoms with van der Waals surface area (Å²) in [5, 5.41) is 7.69. The second kappa shape index (κ2) is 7.82. The molecule has 0 unspecified atom stereocenters. The van der Waals surface area contributed by atoms with Crippen LogP contribution in [0, 0.1) is 13.8 Å². The van der Waals surface area contributed by atoms with Gasteiger partial charge in [-0.15, -0.1) is 11.3 Å². The summed E-state index contributed by atoms with van der Waals surface area (Å²) in [6, 6.07) is 9.32. The highest BCUT2D eigenvalue weighted by Gasteiger charge is 2.19. The van der Waals surface area contributed by atoms with Gasteiger partial charge in [-0.25, -0.2) is 4.68 Å². The predicted octanol–water partition coefficient (Wildman–Crippen LogP) is 5.06. The number of carbonyl (C=O) groups is 1. The molecule has 3 aromatic rings. The van der Waals surface area contributed by atoms with Crippen LogP contribution in [0.2, 0.25) is 10.0 Å². The number of nitrogens with zero attached hydrogens (tertiary/aromatic N) is 3. The highest BCUT2D eigenvalue weighted by Crippen LogP contribution is 2.27. The molecule has 3 rings (SSSR count). The van der Waals surface area contributed by atoms with Gasteiger partial charge < -0.3 is 4.90 Å². The third-order valence-corrected chi connectivity index (χ3v) is 5.70. The summed E-state index contributed by atoms with van der Waals surface area (Å²) < 4.78 is 1.77. The first-order valence-electron chi connectivity index (χ1n) is 8.13. The largest absolute Gasteiger partial charge is 0.340 e. The Morgan fingerprint density at radius 3 is 2.69 bits per heavy atom. The number of aryl methyl sites for hydroxylation is 1. The Bertz CT molecular complexity index is 935. The number of amides is 1. The lowest BCUT2D eigenvalue weighted by Crippen LogP contribution is -2.27. The molecular weight excluding hydrogens is 389 g/mol. The molecule has 0 atom stereocenters. The summed E-state index contributed by atoms with van der Waals surface area (Å²) >= 11 is 13.9. The number of benzene rings is 1. The van der Waals surface area contributed by atoms with Crippen LogP contribution in [0.15, 0.2) is 35.7 Å². The van der Waals surface area contributed by atoms with E-state index in [1.807, 2.05) is 44.5 Å². The van der Waals surface area contributed by atoms with Gasteiger partial charge in [0.1, 0.15) is 0 Å². The number of hydrogen-bond acceptors (Lipinski definition) is 3. The monoisotopic (exact) mass is 407 g/mol. The van der Waals surface area contributed by atoms with Crippen LogP contribution in [0.25, 0.3) is 5.69 Å². The van der Waals surface area contributed by atoms with E-state index in [2.05, 4.69) is 5.10 Å². The van der Waals surface area contributed by atoms with Gasteiger partial charge in [0.2, 0.25) is 5.91 Å². The molecule has 4 nitrogen and oxygen atoms in total. The molecule has 0 aliphatic rings. The Morgan fingerprint density at radius 2 is 2.04 bits per heavy atom. The first-order chi connectivity index (χ1) is 12.4. The minimum atomic E-state index is 0.0614. The van der Waals surface area contributed by atoms with Crippen molar-refractivity contribution in [3.8, 4) is 5.69 Å². The first-order valence-corrected chi connectivity index (χ1v) is 9.77. The molecule has 7 heteroatoms. The first kappa shape index (κ1) is 19.0. The van der Waals surface area contributed by atoms with Crippen molar-refractivity contribution in [1.29, 1.82) is 0 Å². The molecule has 1 amide bonds. The van der Waals surface area contributed by atoms with Crippen LogP contribution in [-0.2, 0) is 17.8 Å². The van der Waals surface area contributed by atoms with E-state index in [1.165, 1.54) is 0 Å². The SMILES string of the molecule is Cc1nn(-c2ccc(Cl)cc2Cl)c(C)c1CC(=O)N(C)Cc1cccs1. The fourth-order valence-electron chi connectivity index (χ4n) is 2.83. The standard InChI is InChI=1S/C19H19Cl2N3OS/c1-12-16(10-19(25)23(3)11-15-5-4-8-26-15)13(2)24(22-12)18-7-6-14(20)9-17(18)21/h4-9H,10-11H2,1-3H3. The Labute approximate surface area is 167 Å². The van der Waals surface area contributed by atoms with Crippen LogP contribution in [0.3, 0.4) is 0 Å². The van der Waals surface area contributed by atoms with Crippen molar-refractivity contribution in [3.05, 3.63) is 67.6 Å². The average molecular weight is 408 g/mol. The summed E-state index contributed by atoms with van der Waals surface area (Å²) in [5.74, 6) is 0.0614. The molecule has 0 fully saturated rings. The number of carbonyl (C=O) groups excluding carboxylic acids is 1. The van der Waals surface area contributed by atoms with E-state index >= 15 is 0 Å². The fourth-order valence-corrected chi connectivity index (χ4v) is 4.07. The van der Waals surface area contributed by atoms with Crippen molar-refractivity contribution in [3.63, 3.8) is 0 Å². The van der Waals surface area contributed by atoms with E-state index in [1.54, 1.807) is 33.1 Å². The maximum atomic E-state index is 12.7. The van der Waals surface area contributed by atoms with Gasteiger partial charge in [-0.05, 0) is 43.5 Å². The van der Waals surface area contributed by atoms with E-state index in [0.29, 0.717) is 23.0 Å². The van der Waals surface area contributed by atoms with Gasteiger partial charge in [0, 0.05) is 28.2 Å². The Morgan fingerprint density at radius 1 is 1.27 bits per heavy atom. The molecule has 0 saturated carbocycles. The second-order valence-corrected chi connectivity index (χ2v) is 8.04. The average Bonchev–Trinajstić information content (AvgIpc) is 3.18. The predicted molar refractivity (Wildman–Crippen MR) is 108 cm³/mol. The summed E-state index contributed by atoms with van der Waals surface area (Å²) in [5.41, 5.74) is 3.41. The number of rotatable bonds is 5. The number of halogens is 2. The van der Waals surface area contributed by atoms with Gasteiger partial charge in [0.15, 0.2) is 0 Å². The van der Waals surface area contributed by atoms with Gasteiger partial charge >= 0.3 is 0 Å². The molecule has 2 heterocycles. The molecule has 0 spiro atoms. The van der Waals surface area contributed by atoms with Gasteiger partial charge in [-0.2, -0.15) is 5.10 Å². The molecule has 26 heavy (non-hydrogen) atoms. The van der Waals surface area contributed by atoms with Crippen molar-refractivity contribution < 1.29 is 4.79 Å². The number of thiophene rings is 1. The molecule has 0 aliphatic carbocycles. The zero-order valence-corrected chi connectivity index (χ0v) is 17.1. The highest BCUT2D eigenvalue weighted by molar-refractivity contribution is 7.09. The maximum absolute atomic E-state index is 12.7. The van der Waals surface area contributed by atoms with Crippen LogP contribution in [0.1, 0.15) is 21.8 Å². The second-order valence-electron chi connectivity index (χ2n) is 6.16. The number of likely N-dealkylation sites (N-methyl/N-ethyl adjacent to an activating group) is 1. The summed E-state index contributed by atoms with van der Waals surface area (Å²) in [7, 11) is 1.83. The zero-order valence-electron chi connectivity index (χ0n) is 14.8. The lowest BCUT2D eigenvalue weighted by molar-refractivity contribution is -0.129. The van der Waals surface area contributed by atoms with Gasteiger partial charge in [0.05, 0.1) is 29.4 Å². The fraction of sp³-hybridized carbons (Fsp3) is 0.263. The topological polar surface area (TPSA) is 38.1 Å². The Balaban J connectivity index is 1.82. The Kier molecular flexibility index (Phi) is 5.70. The minimum absolute atomic E-state index is 0.0614. The van der Waals surface area contributed by atoms with Gasteiger partial charge in [0.25, 0.3) is 0 Å². The number of hydrogen-bond donors (Lipinski definition) is 0. The number of aromatic nitrogens is 2. The van der Waals surface area contributed by atoms with E-state index in [-0.39, 0.29) is 5.91 Å². The molecule has 0 saturated heterocycles. The lowest BCUT2D eigenvalue weighted by Gasteiger charge is -2.16. The van der Waals surface area contributed by atoms with Crippen LogP contribution >= 0.6 is 34.5 Å². The molecule has 136 valence electrons. The van der Waals surface area contributed by atoms with E-state index in [0.717, 1.165) is 27.5 Å².